The van der Waals surface area contributed by atoms with Gasteiger partial charge in [-0.15, -0.1) is 0 Å². The molecule has 270 valence electrons. The molecule has 57 heavy (non-hydrogen) atoms. The molecule has 8 aromatic carbocycles. The number of rotatable bonds is 5. The van der Waals surface area contributed by atoms with Crippen molar-refractivity contribution in [3.05, 3.63) is 199 Å². The summed E-state index contributed by atoms with van der Waals surface area (Å²) >= 11 is 0. The van der Waals surface area contributed by atoms with Crippen molar-refractivity contribution in [2.24, 2.45) is 4.99 Å². The maximum atomic E-state index is 6.51. The van der Waals surface area contributed by atoms with E-state index in [1.165, 1.54) is 21.8 Å². The van der Waals surface area contributed by atoms with Crippen molar-refractivity contribution in [2.45, 2.75) is 12.3 Å². The number of aliphatic imine (C=N–C) groups is 1. The first-order valence-electron chi connectivity index (χ1n) is 19.3. The number of furan rings is 2. The second kappa shape index (κ2) is 12.6. The molecule has 0 aliphatic carbocycles. The van der Waals surface area contributed by atoms with Gasteiger partial charge in [-0.3, -0.25) is 5.32 Å². The van der Waals surface area contributed by atoms with E-state index in [4.69, 9.17) is 13.8 Å². The van der Waals surface area contributed by atoms with Gasteiger partial charge in [-0.05, 0) is 82.9 Å². The Labute approximate surface area is 327 Å². The highest BCUT2D eigenvalue weighted by Gasteiger charge is 2.26. The highest BCUT2D eigenvalue weighted by Crippen LogP contribution is 2.41. The topological polar surface area (TPSA) is 67.6 Å². The number of benzene rings is 8. The van der Waals surface area contributed by atoms with Gasteiger partial charge in [0.25, 0.3) is 0 Å². The quantitative estimate of drug-likeness (QED) is 0.185. The Bertz CT molecular complexity index is 3320. The number of hydrogen-bond acceptors (Lipinski definition) is 5. The second-order valence-corrected chi connectivity index (χ2v) is 14.8. The van der Waals surface area contributed by atoms with Gasteiger partial charge >= 0.3 is 0 Å². The van der Waals surface area contributed by atoms with E-state index in [2.05, 4.69) is 173 Å². The van der Waals surface area contributed by atoms with E-state index in [0.29, 0.717) is 0 Å². The van der Waals surface area contributed by atoms with Crippen LogP contribution in [0.15, 0.2) is 196 Å². The van der Waals surface area contributed by atoms with E-state index in [1.54, 1.807) is 0 Å². The highest BCUT2D eigenvalue weighted by molar-refractivity contribution is 6.15. The fourth-order valence-corrected chi connectivity index (χ4v) is 8.79. The van der Waals surface area contributed by atoms with Gasteiger partial charge in [-0.25, -0.2) is 4.99 Å². The molecule has 4 heterocycles. The van der Waals surface area contributed by atoms with Crippen LogP contribution in [0.2, 0.25) is 0 Å². The number of para-hydroxylation sites is 2. The van der Waals surface area contributed by atoms with E-state index < -0.39 is 0 Å². The molecule has 0 bridgehead atoms. The molecule has 11 aromatic rings. The third-order valence-electron chi connectivity index (χ3n) is 11.5. The number of nitrogens with one attached hydrogen (secondary N) is 2. The third-order valence-corrected chi connectivity index (χ3v) is 11.5. The third kappa shape index (κ3) is 5.12. The summed E-state index contributed by atoms with van der Waals surface area (Å²) < 4.78 is 15.3. The van der Waals surface area contributed by atoms with E-state index in [9.17, 15) is 0 Å². The molecule has 3 aromatic heterocycles. The molecule has 0 fully saturated rings. The van der Waals surface area contributed by atoms with Gasteiger partial charge in [-0.2, -0.15) is 0 Å². The van der Waals surface area contributed by atoms with Gasteiger partial charge in [0.2, 0.25) is 0 Å². The van der Waals surface area contributed by atoms with Crippen molar-refractivity contribution in [3.63, 3.8) is 0 Å². The normalized spacial score (nSPS) is 15.9. The summed E-state index contributed by atoms with van der Waals surface area (Å²) in [4.78, 5) is 5.20. The smallest absolute Gasteiger partial charge is 0.137 e. The predicted octanol–water partition coefficient (Wildman–Crippen LogP) is 12.6. The molecule has 6 nitrogen and oxygen atoms in total. The molecule has 2 unspecified atom stereocenters. The molecular formula is C51H34N4O2. The summed E-state index contributed by atoms with van der Waals surface area (Å²) in [6.07, 6.45) is -0.388. The summed E-state index contributed by atoms with van der Waals surface area (Å²) in [5, 5.41) is 14.1. The average molecular weight is 735 g/mol. The lowest BCUT2D eigenvalue weighted by Gasteiger charge is -2.32. The van der Waals surface area contributed by atoms with Crippen LogP contribution in [0.25, 0.3) is 82.5 Å². The first-order chi connectivity index (χ1) is 28.2. The number of aromatic nitrogens is 1. The summed E-state index contributed by atoms with van der Waals surface area (Å²) in [5.41, 5.74) is 12.3. The van der Waals surface area contributed by atoms with Crippen molar-refractivity contribution in [1.82, 2.24) is 15.2 Å². The average Bonchev–Trinajstić information content (AvgIpc) is 3.95. The van der Waals surface area contributed by atoms with Gasteiger partial charge < -0.3 is 18.7 Å². The minimum Gasteiger partial charge on any atom is -0.456 e. The zero-order chi connectivity index (χ0) is 37.5. The minimum absolute atomic E-state index is 0.114. The first kappa shape index (κ1) is 31.9. The Morgan fingerprint density at radius 3 is 1.77 bits per heavy atom. The van der Waals surface area contributed by atoms with E-state index in [0.717, 1.165) is 83.2 Å². The van der Waals surface area contributed by atoms with Gasteiger partial charge in [0.05, 0.1) is 22.1 Å². The SMILES string of the molecule is c1ccc(C2=NC(c3ccc4oc5ccc(-c6ccc7oc8cccc(-n9c%10ccccc%10c%10ccccc%109)c8c7c6)cc5c4c3)NC(c3ccccc3)N2)cc1. The Morgan fingerprint density at radius 2 is 1.04 bits per heavy atom. The maximum absolute atomic E-state index is 6.51. The lowest BCUT2D eigenvalue weighted by molar-refractivity contribution is 0.409. The van der Waals surface area contributed by atoms with Crippen LogP contribution in [-0.2, 0) is 0 Å². The molecule has 0 amide bonds. The summed E-state index contributed by atoms with van der Waals surface area (Å²) in [5.74, 6) is 0.858. The van der Waals surface area contributed by atoms with Crippen molar-refractivity contribution in [2.75, 3.05) is 0 Å². The Morgan fingerprint density at radius 1 is 0.439 bits per heavy atom. The minimum atomic E-state index is -0.273. The van der Waals surface area contributed by atoms with Crippen LogP contribution >= 0.6 is 0 Å². The lowest BCUT2D eigenvalue weighted by atomic mass is 9.99. The van der Waals surface area contributed by atoms with Crippen LogP contribution in [0.3, 0.4) is 0 Å². The summed E-state index contributed by atoms with van der Waals surface area (Å²) in [7, 11) is 0. The molecule has 0 saturated carbocycles. The first-order valence-corrected chi connectivity index (χ1v) is 19.3. The van der Waals surface area contributed by atoms with Crippen LogP contribution in [0.1, 0.15) is 29.0 Å². The summed E-state index contributed by atoms with van der Waals surface area (Å²) in [6.45, 7) is 0. The molecule has 0 radical (unpaired) electrons. The fraction of sp³-hybridized carbons (Fsp3) is 0.0392. The van der Waals surface area contributed by atoms with Crippen LogP contribution in [0.4, 0.5) is 0 Å². The Balaban J connectivity index is 0.979. The molecule has 1 aliphatic heterocycles. The molecule has 2 N–H and O–H groups in total. The van der Waals surface area contributed by atoms with Crippen molar-refractivity contribution in [3.8, 4) is 16.8 Å². The zero-order valence-corrected chi connectivity index (χ0v) is 30.7. The number of hydrogen-bond donors (Lipinski definition) is 2. The van der Waals surface area contributed by atoms with Gasteiger partial charge in [0, 0.05) is 32.5 Å². The van der Waals surface area contributed by atoms with Crippen LogP contribution < -0.4 is 10.6 Å². The molecule has 0 spiro atoms. The molecule has 2 atom stereocenters. The van der Waals surface area contributed by atoms with E-state index in [1.807, 2.05) is 24.3 Å². The van der Waals surface area contributed by atoms with E-state index >= 15 is 0 Å². The Hall–Kier alpha value is -7.41. The Kier molecular flexibility index (Phi) is 7.03. The molecular weight excluding hydrogens is 701 g/mol. The number of amidine groups is 1. The van der Waals surface area contributed by atoms with Gasteiger partial charge in [0.15, 0.2) is 0 Å². The molecule has 6 heteroatoms. The van der Waals surface area contributed by atoms with Crippen LogP contribution in [0, 0.1) is 0 Å². The number of nitrogens with zero attached hydrogens (tertiary/aromatic N) is 2. The van der Waals surface area contributed by atoms with Crippen LogP contribution in [-0.4, -0.2) is 10.4 Å². The van der Waals surface area contributed by atoms with Crippen molar-refractivity contribution >= 4 is 71.5 Å². The zero-order valence-electron chi connectivity index (χ0n) is 30.7. The van der Waals surface area contributed by atoms with Crippen molar-refractivity contribution in [1.29, 1.82) is 0 Å². The number of fused-ring (bicyclic) bond motifs is 9. The molecule has 12 rings (SSSR count). The van der Waals surface area contributed by atoms with Crippen molar-refractivity contribution < 1.29 is 8.83 Å². The largest absolute Gasteiger partial charge is 0.456 e. The standard InChI is InChI=1S/C51H34N4O2/c1-3-12-31(13-4-1)49-52-50(32-14-5-2-6-15-32)54-51(53-49)35-24-27-45-39(30-35)38-28-33(22-25-44(38)56-45)34-23-26-46-40(29-34)48-43(20-11-21-47(48)57-46)55-41-18-9-7-16-36(41)37-17-8-10-19-42(37)55/h1-30,49,51,53H,(H,52,54). The fourth-order valence-electron chi connectivity index (χ4n) is 8.79. The molecule has 1 aliphatic rings. The maximum Gasteiger partial charge on any atom is 0.137 e. The van der Waals surface area contributed by atoms with Gasteiger partial charge in [0.1, 0.15) is 40.5 Å². The van der Waals surface area contributed by atoms with Crippen LogP contribution in [0.5, 0.6) is 0 Å². The monoisotopic (exact) mass is 734 g/mol. The summed E-state index contributed by atoms with van der Waals surface area (Å²) in [6, 6.07) is 63.9. The lowest BCUT2D eigenvalue weighted by Crippen LogP contribution is -2.44. The molecule has 0 saturated heterocycles. The highest BCUT2D eigenvalue weighted by atomic mass is 16.3. The second-order valence-electron chi connectivity index (χ2n) is 14.8. The predicted molar refractivity (Wildman–Crippen MR) is 232 cm³/mol. The van der Waals surface area contributed by atoms with E-state index in [-0.39, 0.29) is 12.3 Å². The van der Waals surface area contributed by atoms with Gasteiger partial charge in [-0.1, -0.05) is 121 Å².